The topological polar surface area (TPSA) is 68.3 Å². The highest BCUT2D eigenvalue weighted by molar-refractivity contribution is 7.12. The number of aromatic nitrogens is 1. The molecule has 0 bridgehead atoms. The Balaban J connectivity index is 1.45. The molecular formula is C23H23ClN2O3S. The monoisotopic (exact) mass is 442 g/mol. The molecule has 156 valence electrons. The molecular weight excluding hydrogens is 420 g/mol. The van der Waals surface area contributed by atoms with Crippen LogP contribution in [0.5, 0.6) is 0 Å². The van der Waals surface area contributed by atoms with E-state index in [-0.39, 0.29) is 17.8 Å². The molecule has 1 aliphatic rings. The molecule has 30 heavy (non-hydrogen) atoms. The van der Waals surface area contributed by atoms with E-state index in [1.54, 1.807) is 12.1 Å². The highest BCUT2D eigenvalue weighted by Crippen LogP contribution is 2.23. The quantitative estimate of drug-likeness (QED) is 0.623. The molecule has 1 aromatic heterocycles. The van der Waals surface area contributed by atoms with Gasteiger partial charge in [0.2, 0.25) is 11.3 Å². The molecule has 5 nitrogen and oxygen atoms in total. The maximum atomic E-state index is 12.9. The second-order valence-corrected chi connectivity index (χ2v) is 8.87. The van der Waals surface area contributed by atoms with Crippen molar-refractivity contribution in [2.75, 3.05) is 13.2 Å². The standard InChI is InChI=1S/C23H23ClN2O3S/c24-18-4-1-16(2-5-18)14-25-22(27)13-20-23(28)19-12-17(3-6-21(19)30-26-20)11-15-7-9-29-10-8-15/h1-6,12,15H,7-11,13-14H2,(H,25,27). The van der Waals surface area contributed by atoms with E-state index in [4.69, 9.17) is 16.3 Å². The van der Waals surface area contributed by atoms with E-state index in [1.807, 2.05) is 24.3 Å². The summed E-state index contributed by atoms with van der Waals surface area (Å²) in [6.07, 6.45) is 3.03. The maximum absolute atomic E-state index is 12.9. The molecule has 1 saturated heterocycles. The Morgan fingerprint density at radius 3 is 2.63 bits per heavy atom. The lowest BCUT2D eigenvalue weighted by Crippen LogP contribution is -2.27. The predicted octanol–water partition coefficient (Wildman–Crippen LogP) is 4.14. The molecule has 7 heteroatoms. The van der Waals surface area contributed by atoms with E-state index in [1.165, 1.54) is 11.5 Å². The van der Waals surface area contributed by atoms with Crippen molar-refractivity contribution in [2.45, 2.75) is 32.2 Å². The van der Waals surface area contributed by atoms with Crippen LogP contribution in [-0.2, 0) is 28.9 Å². The molecule has 0 aliphatic carbocycles. The minimum absolute atomic E-state index is 0.0247. The van der Waals surface area contributed by atoms with Crippen molar-refractivity contribution in [3.05, 3.63) is 74.5 Å². The summed E-state index contributed by atoms with van der Waals surface area (Å²) in [5.74, 6) is 0.370. The van der Waals surface area contributed by atoms with Gasteiger partial charge in [-0.15, -0.1) is 0 Å². The van der Waals surface area contributed by atoms with Gasteiger partial charge in [-0.25, -0.2) is 0 Å². The zero-order valence-electron chi connectivity index (χ0n) is 16.5. The second-order valence-electron chi connectivity index (χ2n) is 7.63. The molecule has 1 aliphatic heterocycles. The number of carbonyl (C=O) groups is 1. The molecule has 0 saturated carbocycles. The predicted molar refractivity (Wildman–Crippen MR) is 120 cm³/mol. The molecule has 4 rings (SSSR count). The molecule has 3 aromatic rings. The first kappa shape index (κ1) is 21.0. The lowest BCUT2D eigenvalue weighted by atomic mass is 9.92. The van der Waals surface area contributed by atoms with Crippen LogP contribution in [0.15, 0.2) is 47.3 Å². The number of nitrogens with zero attached hydrogens (tertiary/aromatic N) is 1. The molecule has 0 radical (unpaired) electrons. The summed E-state index contributed by atoms with van der Waals surface area (Å²) in [6.45, 7) is 2.01. The Morgan fingerprint density at radius 1 is 1.13 bits per heavy atom. The Labute approximate surface area is 184 Å². The van der Waals surface area contributed by atoms with Crippen LogP contribution < -0.4 is 10.7 Å². The first-order valence-corrected chi connectivity index (χ1v) is 11.2. The van der Waals surface area contributed by atoms with Crippen LogP contribution in [0.3, 0.4) is 0 Å². The van der Waals surface area contributed by atoms with Gasteiger partial charge in [0.15, 0.2) is 0 Å². The van der Waals surface area contributed by atoms with E-state index in [0.717, 1.165) is 48.3 Å². The molecule has 2 aromatic carbocycles. The number of nitrogens with one attached hydrogen (secondary N) is 1. The third-order valence-electron chi connectivity index (χ3n) is 5.40. The summed E-state index contributed by atoms with van der Waals surface area (Å²) in [5, 5.41) is 4.14. The fourth-order valence-electron chi connectivity index (χ4n) is 3.68. The molecule has 0 atom stereocenters. The van der Waals surface area contributed by atoms with E-state index in [2.05, 4.69) is 15.8 Å². The van der Waals surface area contributed by atoms with Crippen molar-refractivity contribution in [3.8, 4) is 0 Å². The largest absolute Gasteiger partial charge is 0.381 e. The van der Waals surface area contributed by atoms with Crippen molar-refractivity contribution in [1.82, 2.24) is 9.69 Å². The molecule has 1 amide bonds. The van der Waals surface area contributed by atoms with E-state index < -0.39 is 0 Å². The smallest absolute Gasteiger partial charge is 0.226 e. The zero-order valence-corrected chi connectivity index (χ0v) is 18.1. The van der Waals surface area contributed by atoms with Gasteiger partial charge in [-0.2, -0.15) is 4.37 Å². The van der Waals surface area contributed by atoms with Gasteiger partial charge in [0.25, 0.3) is 0 Å². The first-order chi connectivity index (χ1) is 14.6. The number of ether oxygens (including phenoxy) is 1. The summed E-state index contributed by atoms with van der Waals surface area (Å²) in [5.41, 5.74) is 2.24. The highest BCUT2D eigenvalue weighted by Gasteiger charge is 2.16. The van der Waals surface area contributed by atoms with Crippen LogP contribution in [0.25, 0.3) is 10.1 Å². The summed E-state index contributed by atoms with van der Waals surface area (Å²) in [6, 6.07) is 13.3. The van der Waals surface area contributed by atoms with Crippen LogP contribution in [0.2, 0.25) is 5.02 Å². The summed E-state index contributed by atoms with van der Waals surface area (Å²) < 4.78 is 10.6. The lowest BCUT2D eigenvalue weighted by Gasteiger charge is -2.22. The van der Waals surface area contributed by atoms with Gasteiger partial charge in [-0.05, 0) is 72.1 Å². The lowest BCUT2D eigenvalue weighted by molar-refractivity contribution is -0.120. The summed E-state index contributed by atoms with van der Waals surface area (Å²) >= 11 is 7.14. The number of halogens is 1. The van der Waals surface area contributed by atoms with Crippen LogP contribution in [0, 0.1) is 5.92 Å². The van der Waals surface area contributed by atoms with E-state index in [0.29, 0.717) is 28.6 Å². The van der Waals surface area contributed by atoms with Crippen LogP contribution in [0.4, 0.5) is 0 Å². The average Bonchev–Trinajstić information content (AvgIpc) is 2.76. The first-order valence-electron chi connectivity index (χ1n) is 10.1. The summed E-state index contributed by atoms with van der Waals surface area (Å²) in [7, 11) is 0. The maximum Gasteiger partial charge on any atom is 0.226 e. The Kier molecular flexibility index (Phi) is 6.77. The Hall–Kier alpha value is -2.28. The molecule has 2 heterocycles. The minimum atomic E-state index is -0.223. The van der Waals surface area contributed by atoms with Gasteiger partial charge in [0, 0.05) is 30.2 Å². The Morgan fingerprint density at radius 2 is 1.87 bits per heavy atom. The number of fused-ring (bicyclic) bond motifs is 1. The minimum Gasteiger partial charge on any atom is -0.381 e. The second kappa shape index (κ2) is 9.69. The third kappa shape index (κ3) is 5.25. The van der Waals surface area contributed by atoms with Crippen molar-refractivity contribution >= 4 is 39.1 Å². The van der Waals surface area contributed by atoms with E-state index >= 15 is 0 Å². The fraction of sp³-hybridized carbons (Fsp3) is 0.348. The molecule has 1 fully saturated rings. The molecule has 0 spiro atoms. The van der Waals surface area contributed by atoms with Crippen LogP contribution >= 0.6 is 23.1 Å². The van der Waals surface area contributed by atoms with Crippen molar-refractivity contribution in [3.63, 3.8) is 0 Å². The number of hydrogen-bond acceptors (Lipinski definition) is 5. The Bertz CT molecular complexity index is 1090. The number of benzene rings is 2. The van der Waals surface area contributed by atoms with Crippen LogP contribution in [0.1, 0.15) is 29.7 Å². The van der Waals surface area contributed by atoms with Crippen molar-refractivity contribution in [2.24, 2.45) is 5.92 Å². The zero-order chi connectivity index (χ0) is 20.9. The SMILES string of the molecule is O=C(Cc1nsc2ccc(CC3CCOCC3)cc2c1=O)NCc1ccc(Cl)cc1. The van der Waals surface area contributed by atoms with Gasteiger partial charge in [0.05, 0.1) is 11.1 Å². The van der Waals surface area contributed by atoms with Gasteiger partial charge in [-0.3, -0.25) is 9.59 Å². The third-order valence-corrected chi connectivity index (χ3v) is 6.52. The van der Waals surface area contributed by atoms with Gasteiger partial charge >= 0.3 is 0 Å². The fourth-order valence-corrected chi connectivity index (χ4v) is 4.54. The highest BCUT2D eigenvalue weighted by atomic mass is 35.5. The number of carbonyl (C=O) groups excluding carboxylic acids is 1. The molecule has 1 N–H and O–H groups in total. The van der Waals surface area contributed by atoms with Crippen molar-refractivity contribution in [1.29, 1.82) is 0 Å². The van der Waals surface area contributed by atoms with Gasteiger partial charge in [-0.1, -0.05) is 29.8 Å². The number of rotatable bonds is 6. The van der Waals surface area contributed by atoms with E-state index in [9.17, 15) is 9.59 Å². The average molecular weight is 443 g/mol. The van der Waals surface area contributed by atoms with Crippen LogP contribution in [-0.4, -0.2) is 23.5 Å². The van der Waals surface area contributed by atoms with Crippen molar-refractivity contribution < 1.29 is 9.53 Å². The summed E-state index contributed by atoms with van der Waals surface area (Å²) in [4.78, 5) is 25.3. The number of amides is 1. The number of hydrogen-bond donors (Lipinski definition) is 1. The normalized spacial score (nSPS) is 14.7. The van der Waals surface area contributed by atoms with Gasteiger partial charge in [0.1, 0.15) is 5.69 Å². The van der Waals surface area contributed by atoms with Gasteiger partial charge < -0.3 is 10.1 Å². The molecule has 0 unspecified atom stereocenters.